The molecule has 2 aromatic rings. The number of halogens is 2. The van der Waals surface area contributed by atoms with E-state index in [1.165, 1.54) is 0 Å². The molecule has 0 radical (unpaired) electrons. The van der Waals surface area contributed by atoms with Crippen LogP contribution in [0.3, 0.4) is 0 Å². The van der Waals surface area contributed by atoms with Gasteiger partial charge in [-0.1, -0.05) is 44.0 Å². The summed E-state index contributed by atoms with van der Waals surface area (Å²) in [4.78, 5) is 15.9. The Hall–Kier alpha value is -1.26. The van der Waals surface area contributed by atoms with E-state index in [1.54, 1.807) is 23.6 Å². The highest BCUT2D eigenvalue weighted by Gasteiger charge is 2.28. The lowest BCUT2D eigenvalue weighted by Gasteiger charge is -2.22. The van der Waals surface area contributed by atoms with Crippen molar-refractivity contribution in [1.29, 1.82) is 0 Å². The average molecular weight is 315 g/mol. The Morgan fingerprint density at radius 2 is 1.85 bits per heavy atom. The lowest BCUT2D eigenvalue weighted by atomic mass is 9.95. The molecular formula is C14H16Cl2N2O2. The first-order valence-electron chi connectivity index (χ1n) is 6.23. The number of hydrogen-bond acceptors (Lipinski definition) is 2. The van der Waals surface area contributed by atoms with Crippen molar-refractivity contribution in [3.05, 3.63) is 28.0 Å². The van der Waals surface area contributed by atoms with Gasteiger partial charge in [0, 0.05) is 5.41 Å². The lowest BCUT2D eigenvalue weighted by Crippen LogP contribution is -2.24. The van der Waals surface area contributed by atoms with Crippen LogP contribution in [0.2, 0.25) is 10.0 Å². The quantitative estimate of drug-likeness (QED) is 0.899. The summed E-state index contributed by atoms with van der Waals surface area (Å²) in [5.41, 5.74) is 1.04. The standard InChI is InChI=1S/C14H16Cl2N2O2/c1-7(12(19)20)18-11-6-9(16)8(15)5-10(11)17-13(18)14(2,3)4/h5-7H,1-4H3,(H,19,20). The van der Waals surface area contributed by atoms with Gasteiger partial charge in [-0.25, -0.2) is 9.78 Å². The monoisotopic (exact) mass is 314 g/mol. The van der Waals surface area contributed by atoms with Crippen molar-refractivity contribution in [2.45, 2.75) is 39.2 Å². The molecule has 1 aromatic carbocycles. The predicted octanol–water partition coefficient (Wildman–Crippen LogP) is 4.29. The zero-order chi connectivity index (χ0) is 15.2. The van der Waals surface area contributed by atoms with Gasteiger partial charge in [0.15, 0.2) is 0 Å². The molecule has 1 atom stereocenters. The van der Waals surface area contributed by atoms with Crippen molar-refractivity contribution < 1.29 is 9.90 Å². The zero-order valence-electron chi connectivity index (χ0n) is 11.7. The largest absolute Gasteiger partial charge is 0.480 e. The first kappa shape index (κ1) is 15.1. The second kappa shape index (κ2) is 4.93. The van der Waals surface area contributed by atoms with Crippen LogP contribution < -0.4 is 0 Å². The molecule has 1 N–H and O–H groups in total. The number of benzene rings is 1. The van der Waals surface area contributed by atoms with Crippen molar-refractivity contribution >= 4 is 40.2 Å². The topological polar surface area (TPSA) is 55.1 Å². The first-order valence-corrected chi connectivity index (χ1v) is 6.98. The molecule has 2 rings (SSSR count). The molecule has 0 spiro atoms. The summed E-state index contributed by atoms with van der Waals surface area (Å²) in [6.45, 7) is 7.59. The normalized spacial score (nSPS) is 13.7. The number of carboxylic acids is 1. The van der Waals surface area contributed by atoms with Crippen molar-refractivity contribution in [1.82, 2.24) is 9.55 Å². The predicted molar refractivity (Wildman–Crippen MR) is 80.8 cm³/mol. The number of aliphatic carboxylic acids is 1. The van der Waals surface area contributed by atoms with Crippen molar-refractivity contribution in [3.63, 3.8) is 0 Å². The van der Waals surface area contributed by atoms with E-state index >= 15 is 0 Å². The third-order valence-corrected chi connectivity index (χ3v) is 3.87. The smallest absolute Gasteiger partial charge is 0.326 e. The van der Waals surface area contributed by atoms with E-state index in [0.717, 1.165) is 0 Å². The molecule has 1 heterocycles. The molecule has 108 valence electrons. The summed E-state index contributed by atoms with van der Waals surface area (Å²) in [7, 11) is 0. The number of carbonyl (C=O) groups is 1. The SMILES string of the molecule is CC(C(=O)O)n1c(C(C)(C)C)nc2cc(Cl)c(Cl)cc21. The number of aromatic nitrogens is 2. The third kappa shape index (κ3) is 2.50. The molecule has 0 amide bonds. The molecule has 1 unspecified atom stereocenters. The minimum atomic E-state index is -0.916. The minimum Gasteiger partial charge on any atom is -0.480 e. The summed E-state index contributed by atoms with van der Waals surface area (Å²) in [6, 6.07) is 2.60. The van der Waals surface area contributed by atoms with Gasteiger partial charge in [0.05, 0.1) is 21.1 Å². The second-order valence-electron chi connectivity index (χ2n) is 5.82. The van der Waals surface area contributed by atoms with Crippen LogP contribution in [0.15, 0.2) is 12.1 Å². The molecule has 0 aliphatic heterocycles. The van der Waals surface area contributed by atoms with E-state index in [1.807, 2.05) is 20.8 Å². The Bertz CT molecular complexity index is 687. The van der Waals surface area contributed by atoms with E-state index in [9.17, 15) is 9.90 Å². The average Bonchev–Trinajstić information content (AvgIpc) is 2.67. The van der Waals surface area contributed by atoms with E-state index < -0.39 is 12.0 Å². The summed E-state index contributed by atoms with van der Waals surface area (Å²) in [6.07, 6.45) is 0. The van der Waals surface area contributed by atoms with Crippen LogP contribution >= 0.6 is 23.2 Å². The van der Waals surface area contributed by atoms with E-state index in [0.29, 0.717) is 26.9 Å². The fraction of sp³-hybridized carbons (Fsp3) is 0.429. The molecule has 0 aliphatic rings. The maximum Gasteiger partial charge on any atom is 0.326 e. The first-order chi connectivity index (χ1) is 9.12. The lowest BCUT2D eigenvalue weighted by molar-refractivity contribution is -0.140. The van der Waals surface area contributed by atoms with Crippen molar-refractivity contribution in [3.8, 4) is 0 Å². The number of carboxylic acid groups (broad SMARTS) is 1. The highest BCUT2D eigenvalue weighted by molar-refractivity contribution is 6.42. The molecule has 0 saturated carbocycles. The number of rotatable bonds is 2. The molecule has 1 aromatic heterocycles. The molecule has 0 fully saturated rings. The van der Waals surface area contributed by atoms with E-state index in [2.05, 4.69) is 4.98 Å². The summed E-state index contributed by atoms with van der Waals surface area (Å²) in [5, 5.41) is 10.1. The van der Waals surface area contributed by atoms with Crippen LogP contribution in [0.25, 0.3) is 11.0 Å². The summed E-state index contributed by atoms with van der Waals surface area (Å²) in [5.74, 6) is -0.221. The van der Waals surface area contributed by atoms with Gasteiger partial charge in [-0.3, -0.25) is 0 Å². The summed E-state index contributed by atoms with van der Waals surface area (Å²) < 4.78 is 1.71. The Labute approximate surface area is 127 Å². The number of imidazole rings is 1. The Morgan fingerprint density at radius 1 is 1.30 bits per heavy atom. The Balaban J connectivity index is 2.85. The van der Waals surface area contributed by atoms with Gasteiger partial charge < -0.3 is 9.67 Å². The molecule has 4 nitrogen and oxygen atoms in total. The van der Waals surface area contributed by atoms with Crippen LogP contribution in [0.5, 0.6) is 0 Å². The number of hydrogen-bond donors (Lipinski definition) is 1. The highest BCUT2D eigenvalue weighted by Crippen LogP contribution is 2.33. The Kier molecular flexibility index (Phi) is 3.73. The maximum atomic E-state index is 11.4. The van der Waals surface area contributed by atoms with Crippen LogP contribution in [-0.4, -0.2) is 20.6 Å². The van der Waals surface area contributed by atoms with Gasteiger partial charge >= 0.3 is 5.97 Å². The van der Waals surface area contributed by atoms with Crippen LogP contribution in [0, 0.1) is 0 Å². The highest BCUT2D eigenvalue weighted by atomic mass is 35.5. The minimum absolute atomic E-state index is 0.290. The number of fused-ring (bicyclic) bond motifs is 1. The fourth-order valence-electron chi connectivity index (χ4n) is 2.12. The van der Waals surface area contributed by atoms with Crippen molar-refractivity contribution in [2.24, 2.45) is 0 Å². The van der Waals surface area contributed by atoms with Crippen LogP contribution in [-0.2, 0) is 10.2 Å². The summed E-state index contributed by atoms with van der Waals surface area (Å²) >= 11 is 12.1. The van der Waals surface area contributed by atoms with Gasteiger partial charge in [-0.15, -0.1) is 0 Å². The number of nitrogens with zero attached hydrogens (tertiary/aromatic N) is 2. The maximum absolute atomic E-state index is 11.4. The molecule has 20 heavy (non-hydrogen) atoms. The zero-order valence-corrected chi connectivity index (χ0v) is 13.2. The van der Waals surface area contributed by atoms with Gasteiger partial charge in [0.25, 0.3) is 0 Å². The molecule has 0 bridgehead atoms. The Morgan fingerprint density at radius 3 is 2.35 bits per heavy atom. The molecule has 0 saturated heterocycles. The molecule has 6 heteroatoms. The second-order valence-corrected chi connectivity index (χ2v) is 6.64. The van der Waals surface area contributed by atoms with Crippen LogP contribution in [0.1, 0.15) is 39.6 Å². The third-order valence-electron chi connectivity index (χ3n) is 3.15. The van der Waals surface area contributed by atoms with Gasteiger partial charge in [0.2, 0.25) is 0 Å². The van der Waals surface area contributed by atoms with Crippen molar-refractivity contribution in [2.75, 3.05) is 0 Å². The van der Waals surface area contributed by atoms with E-state index in [4.69, 9.17) is 23.2 Å². The van der Waals surface area contributed by atoms with E-state index in [-0.39, 0.29) is 5.41 Å². The fourth-order valence-corrected chi connectivity index (χ4v) is 2.44. The molecular weight excluding hydrogens is 299 g/mol. The van der Waals surface area contributed by atoms with Gasteiger partial charge in [-0.05, 0) is 19.1 Å². The van der Waals surface area contributed by atoms with Crippen LogP contribution in [0.4, 0.5) is 0 Å². The van der Waals surface area contributed by atoms with Gasteiger partial charge in [-0.2, -0.15) is 0 Å². The van der Waals surface area contributed by atoms with Gasteiger partial charge in [0.1, 0.15) is 11.9 Å². The molecule has 0 aliphatic carbocycles.